The molecular formula is C20H14ClFN4OS. The molecule has 2 heterocycles. The van der Waals surface area contributed by atoms with Crippen LogP contribution in [0, 0.1) is 5.82 Å². The molecule has 0 unspecified atom stereocenters. The number of para-hydroxylation sites is 1. The molecule has 1 amide bonds. The molecule has 0 saturated heterocycles. The Morgan fingerprint density at radius 1 is 1.18 bits per heavy atom. The molecule has 1 N–H and O–H groups in total. The van der Waals surface area contributed by atoms with E-state index < -0.39 is 0 Å². The van der Waals surface area contributed by atoms with Gasteiger partial charge in [-0.15, -0.1) is 0 Å². The summed E-state index contributed by atoms with van der Waals surface area (Å²) in [6, 6.07) is 14.5. The van der Waals surface area contributed by atoms with Crippen LogP contribution in [-0.2, 0) is 5.75 Å². The second kappa shape index (κ2) is 7.61. The largest absolute Gasteiger partial charge is 0.319 e. The van der Waals surface area contributed by atoms with Crippen molar-refractivity contribution in [2.45, 2.75) is 5.75 Å². The fraction of sp³-hybridized carbons (Fsp3) is 0.0500. The van der Waals surface area contributed by atoms with Crippen molar-refractivity contribution in [2.75, 3.05) is 5.32 Å². The van der Waals surface area contributed by atoms with Gasteiger partial charge in [-0.25, -0.2) is 14.4 Å². The number of benzene rings is 2. The highest BCUT2D eigenvalue weighted by Gasteiger charge is 2.19. The SMILES string of the molecule is O=C(Nc1ccccc1Cl)c1cc2cnc(CS)nc2n1-c1ccc(F)cc1. The number of nitrogens with one attached hydrogen (secondary N) is 1. The summed E-state index contributed by atoms with van der Waals surface area (Å²) in [6.45, 7) is 0. The molecule has 0 bridgehead atoms. The molecule has 0 aliphatic rings. The minimum absolute atomic E-state index is 0.326. The maximum absolute atomic E-state index is 13.4. The number of hydrogen-bond acceptors (Lipinski definition) is 4. The molecular weight excluding hydrogens is 399 g/mol. The van der Waals surface area contributed by atoms with Crippen LogP contribution in [0.25, 0.3) is 16.7 Å². The van der Waals surface area contributed by atoms with E-state index in [1.165, 1.54) is 12.1 Å². The topological polar surface area (TPSA) is 59.8 Å². The van der Waals surface area contributed by atoms with Crippen LogP contribution in [0.5, 0.6) is 0 Å². The second-order valence-corrected chi connectivity index (χ2v) is 6.72. The summed E-state index contributed by atoms with van der Waals surface area (Å²) in [5.74, 6) is 0.136. The van der Waals surface area contributed by atoms with E-state index in [9.17, 15) is 9.18 Å². The maximum atomic E-state index is 13.4. The number of halogens is 2. The van der Waals surface area contributed by atoms with Gasteiger partial charge in [0, 0.05) is 17.3 Å². The predicted molar refractivity (Wildman–Crippen MR) is 111 cm³/mol. The lowest BCUT2D eigenvalue weighted by Gasteiger charge is -2.11. The lowest BCUT2D eigenvalue weighted by atomic mass is 10.2. The van der Waals surface area contributed by atoms with Crippen LogP contribution in [0.4, 0.5) is 10.1 Å². The van der Waals surface area contributed by atoms with Crippen LogP contribution >= 0.6 is 24.2 Å². The minimum atomic E-state index is -0.372. The van der Waals surface area contributed by atoms with Crippen LogP contribution < -0.4 is 5.32 Å². The molecule has 0 saturated carbocycles. The lowest BCUT2D eigenvalue weighted by molar-refractivity contribution is 0.102. The first kappa shape index (κ1) is 18.5. The molecule has 4 rings (SSSR count). The van der Waals surface area contributed by atoms with Crippen molar-refractivity contribution in [1.82, 2.24) is 14.5 Å². The highest BCUT2D eigenvalue weighted by molar-refractivity contribution is 7.79. The lowest BCUT2D eigenvalue weighted by Crippen LogP contribution is -2.16. The van der Waals surface area contributed by atoms with Gasteiger partial charge in [0.15, 0.2) is 0 Å². The number of rotatable bonds is 4. The van der Waals surface area contributed by atoms with E-state index in [4.69, 9.17) is 11.6 Å². The fourth-order valence-electron chi connectivity index (χ4n) is 2.87. The third-order valence-electron chi connectivity index (χ3n) is 4.17. The van der Waals surface area contributed by atoms with Crippen LogP contribution in [-0.4, -0.2) is 20.4 Å². The Morgan fingerprint density at radius 3 is 2.64 bits per heavy atom. The summed E-state index contributed by atoms with van der Waals surface area (Å²) in [7, 11) is 0. The quantitative estimate of drug-likeness (QED) is 0.469. The number of anilines is 1. The molecule has 28 heavy (non-hydrogen) atoms. The molecule has 0 aliphatic carbocycles. The number of aromatic nitrogens is 3. The summed E-state index contributed by atoms with van der Waals surface area (Å²) >= 11 is 10.4. The van der Waals surface area contributed by atoms with Gasteiger partial charge < -0.3 is 5.32 Å². The summed E-state index contributed by atoms with van der Waals surface area (Å²) in [5.41, 5.74) is 1.96. The molecule has 2 aromatic heterocycles. The number of amides is 1. The number of thiol groups is 1. The van der Waals surface area contributed by atoms with E-state index in [2.05, 4.69) is 27.9 Å². The van der Waals surface area contributed by atoms with Crippen molar-refractivity contribution < 1.29 is 9.18 Å². The predicted octanol–water partition coefficient (Wildman–Crippen LogP) is 4.90. The van der Waals surface area contributed by atoms with E-state index in [1.807, 2.05) is 0 Å². The van der Waals surface area contributed by atoms with E-state index in [1.54, 1.807) is 53.2 Å². The van der Waals surface area contributed by atoms with E-state index in [-0.39, 0.29) is 11.7 Å². The number of hydrogen-bond donors (Lipinski definition) is 2. The number of fused-ring (bicyclic) bond motifs is 1. The zero-order chi connectivity index (χ0) is 19.7. The summed E-state index contributed by atoms with van der Waals surface area (Å²) in [6.07, 6.45) is 1.64. The summed E-state index contributed by atoms with van der Waals surface area (Å²) in [5, 5.41) is 3.92. The molecule has 0 spiro atoms. The molecule has 4 aromatic rings. The number of carbonyl (C=O) groups excluding carboxylic acids is 1. The van der Waals surface area contributed by atoms with Crippen molar-refractivity contribution in [3.05, 3.63) is 83.2 Å². The van der Waals surface area contributed by atoms with Crippen molar-refractivity contribution in [1.29, 1.82) is 0 Å². The molecule has 0 atom stereocenters. The third kappa shape index (κ3) is 3.46. The zero-order valence-electron chi connectivity index (χ0n) is 14.4. The van der Waals surface area contributed by atoms with Crippen molar-refractivity contribution in [3.8, 4) is 5.69 Å². The first-order chi connectivity index (χ1) is 13.6. The van der Waals surface area contributed by atoms with Crippen molar-refractivity contribution in [3.63, 3.8) is 0 Å². The van der Waals surface area contributed by atoms with Gasteiger partial charge in [0.05, 0.1) is 16.5 Å². The maximum Gasteiger partial charge on any atom is 0.272 e. The van der Waals surface area contributed by atoms with E-state index in [0.29, 0.717) is 44.7 Å². The van der Waals surface area contributed by atoms with Crippen molar-refractivity contribution in [2.24, 2.45) is 0 Å². The molecule has 2 aromatic carbocycles. The van der Waals surface area contributed by atoms with Crippen LogP contribution in [0.2, 0.25) is 5.02 Å². The second-order valence-electron chi connectivity index (χ2n) is 6.00. The van der Waals surface area contributed by atoms with Gasteiger partial charge in [0.2, 0.25) is 0 Å². The average Bonchev–Trinajstić information content (AvgIpc) is 3.09. The zero-order valence-corrected chi connectivity index (χ0v) is 16.1. The first-order valence-corrected chi connectivity index (χ1v) is 9.38. The van der Waals surface area contributed by atoms with Gasteiger partial charge in [-0.05, 0) is 42.5 Å². The minimum Gasteiger partial charge on any atom is -0.319 e. The normalized spacial score (nSPS) is 11.0. The average molecular weight is 413 g/mol. The highest BCUT2D eigenvalue weighted by atomic mass is 35.5. The van der Waals surface area contributed by atoms with E-state index in [0.717, 1.165) is 0 Å². The standard InChI is InChI=1S/C20H14ClFN4OS/c21-15-3-1-2-4-16(15)24-20(27)17-9-12-10-23-18(11-28)25-19(12)26(17)14-7-5-13(22)6-8-14/h1-10,28H,11H2,(H,24,27). The molecule has 0 aliphatic heterocycles. The first-order valence-electron chi connectivity index (χ1n) is 8.37. The fourth-order valence-corrected chi connectivity index (χ4v) is 3.20. The monoisotopic (exact) mass is 412 g/mol. The smallest absolute Gasteiger partial charge is 0.272 e. The Labute approximate surface area is 170 Å². The Balaban J connectivity index is 1.87. The van der Waals surface area contributed by atoms with Gasteiger partial charge in [0.25, 0.3) is 5.91 Å². The Bertz CT molecular complexity index is 1180. The van der Waals surface area contributed by atoms with Crippen LogP contribution in [0.1, 0.15) is 16.3 Å². The molecule has 140 valence electrons. The molecule has 8 heteroatoms. The van der Waals surface area contributed by atoms with Crippen LogP contribution in [0.3, 0.4) is 0 Å². The number of carbonyl (C=O) groups is 1. The third-order valence-corrected chi connectivity index (χ3v) is 4.78. The van der Waals surface area contributed by atoms with Crippen LogP contribution in [0.15, 0.2) is 60.8 Å². The van der Waals surface area contributed by atoms with E-state index >= 15 is 0 Å². The molecule has 5 nitrogen and oxygen atoms in total. The number of nitrogens with zero attached hydrogens (tertiary/aromatic N) is 3. The Morgan fingerprint density at radius 2 is 1.93 bits per heavy atom. The van der Waals surface area contributed by atoms with Gasteiger partial charge in [-0.2, -0.15) is 12.6 Å². The van der Waals surface area contributed by atoms with Crippen molar-refractivity contribution >= 4 is 46.9 Å². The molecule has 0 fully saturated rings. The Kier molecular flexibility index (Phi) is 5.02. The highest BCUT2D eigenvalue weighted by Crippen LogP contribution is 2.26. The summed E-state index contributed by atoms with van der Waals surface area (Å²) in [4.78, 5) is 21.8. The Hall–Kier alpha value is -2.90. The van der Waals surface area contributed by atoms with Gasteiger partial charge in [-0.3, -0.25) is 9.36 Å². The van der Waals surface area contributed by atoms with Gasteiger partial charge >= 0.3 is 0 Å². The van der Waals surface area contributed by atoms with Gasteiger partial charge in [-0.1, -0.05) is 23.7 Å². The summed E-state index contributed by atoms with van der Waals surface area (Å²) < 4.78 is 15.1. The molecule has 0 radical (unpaired) electrons. The van der Waals surface area contributed by atoms with Gasteiger partial charge in [0.1, 0.15) is 23.0 Å².